The number of hydrogen-bond acceptors (Lipinski definition) is 3. The molecule has 18 heavy (non-hydrogen) atoms. The van der Waals surface area contributed by atoms with Crippen molar-refractivity contribution in [2.45, 2.75) is 31.9 Å². The predicted octanol–water partition coefficient (Wildman–Crippen LogP) is 1.17. The van der Waals surface area contributed by atoms with Crippen LogP contribution < -0.4 is 5.32 Å². The van der Waals surface area contributed by atoms with Gasteiger partial charge in [-0.2, -0.15) is 0 Å². The minimum absolute atomic E-state index is 0.0771. The zero-order valence-corrected chi connectivity index (χ0v) is 10.3. The van der Waals surface area contributed by atoms with Gasteiger partial charge in [-0.15, -0.1) is 0 Å². The van der Waals surface area contributed by atoms with Gasteiger partial charge in [-0.1, -0.05) is 24.3 Å². The van der Waals surface area contributed by atoms with Gasteiger partial charge >= 0.3 is 5.97 Å². The Morgan fingerprint density at radius 1 is 1.22 bits per heavy atom. The zero-order valence-electron chi connectivity index (χ0n) is 10.3. The van der Waals surface area contributed by atoms with E-state index in [-0.39, 0.29) is 12.5 Å². The van der Waals surface area contributed by atoms with E-state index in [4.69, 9.17) is 10.2 Å². The summed E-state index contributed by atoms with van der Waals surface area (Å²) < 4.78 is 0. The second kappa shape index (κ2) is 5.98. The molecule has 0 atom stereocenters. The van der Waals surface area contributed by atoms with Gasteiger partial charge in [0, 0.05) is 6.54 Å². The molecule has 2 rings (SSSR count). The third-order valence-electron chi connectivity index (χ3n) is 3.35. The van der Waals surface area contributed by atoms with Crippen LogP contribution in [0, 0.1) is 5.92 Å². The quantitative estimate of drug-likeness (QED) is 0.708. The van der Waals surface area contributed by atoms with Crippen molar-refractivity contribution < 1.29 is 15.0 Å². The Hall–Kier alpha value is -1.39. The maximum Gasteiger partial charge on any atom is 0.307 e. The molecule has 0 spiro atoms. The first kappa shape index (κ1) is 13.1. The van der Waals surface area contributed by atoms with Crippen LogP contribution in [0.4, 0.5) is 0 Å². The van der Waals surface area contributed by atoms with Crippen LogP contribution in [0.5, 0.6) is 0 Å². The SMILES string of the molecule is O=C(O)Cc1ccc(CNCC2CC(O)C2)cc1. The molecular weight excluding hydrogens is 230 g/mol. The largest absolute Gasteiger partial charge is 0.481 e. The van der Waals surface area contributed by atoms with Crippen molar-refractivity contribution in [1.29, 1.82) is 0 Å². The number of carbonyl (C=O) groups is 1. The highest BCUT2D eigenvalue weighted by molar-refractivity contribution is 5.70. The summed E-state index contributed by atoms with van der Waals surface area (Å²) in [6, 6.07) is 7.64. The van der Waals surface area contributed by atoms with Crippen LogP contribution in [0.25, 0.3) is 0 Å². The van der Waals surface area contributed by atoms with Gasteiger partial charge < -0.3 is 15.5 Å². The average molecular weight is 249 g/mol. The molecule has 0 heterocycles. The minimum Gasteiger partial charge on any atom is -0.481 e. The Balaban J connectivity index is 1.71. The number of aliphatic hydroxyl groups is 1. The molecule has 1 fully saturated rings. The summed E-state index contributed by atoms with van der Waals surface area (Å²) in [5.74, 6) is -0.198. The molecule has 1 aliphatic carbocycles. The van der Waals surface area contributed by atoms with E-state index in [0.717, 1.165) is 37.1 Å². The number of hydrogen-bond donors (Lipinski definition) is 3. The second-order valence-electron chi connectivity index (χ2n) is 5.01. The standard InChI is InChI=1S/C14H19NO3/c16-13-5-12(6-13)9-15-8-11-3-1-10(2-4-11)7-14(17)18/h1-4,12-13,15-16H,5-9H2,(H,17,18). The molecule has 0 bridgehead atoms. The Bertz CT molecular complexity index is 396. The van der Waals surface area contributed by atoms with Crippen molar-refractivity contribution in [3.63, 3.8) is 0 Å². The van der Waals surface area contributed by atoms with Crippen LogP contribution >= 0.6 is 0 Å². The summed E-state index contributed by atoms with van der Waals surface area (Å²) in [5.41, 5.74) is 1.98. The highest BCUT2D eigenvalue weighted by Crippen LogP contribution is 2.26. The number of aliphatic hydroxyl groups excluding tert-OH is 1. The van der Waals surface area contributed by atoms with Crippen LogP contribution in [-0.2, 0) is 17.8 Å². The predicted molar refractivity (Wildman–Crippen MR) is 68.2 cm³/mol. The number of benzene rings is 1. The molecule has 0 aliphatic heterocycles. The molecule has 0 amide bonds. The number of nitrogens with one attached hydrogen (secondary N) is 1. The molecule has 0 aromatic heterocycles. The summed E-state index contributed by atoms with van der Waals surface area (Å²) in [4.78, 5) is 10.5. The monoisotopic (exact) mass is 249 g/mol. The van der Waals surface area contributed by atoms with Gasteiger partial charge in [0.1, 0.15) is 0 Å². The van der Waals surface area contributed by atoms with Gasteiger partial charge in [0.05, 0.1) is 12.5 Å². The van der Waals surface area contributed by atoms with Crippen LogP contribution in [0.1, 0.15) is 24.0 Å². The summed E-state index contributed by atoms with van der Waals surface area (Å²) in [6.45, 7) is 1.73. The third kappa shape index (κ3) is 3.82. The van der Waals surface area contributed by atoms with Crippen molar-refractivity contribution in [3.8, 4) is 0 Å². The van der Waals surface area contributed by atoms with Crippen molar-refractivity contribution >= 4 is 5.97 Å². The molecule has 0 saturated heterocycles. The van der Waals surface area contributed by atoms with Gasteiger partial charge in [-0.25, -0.2) is 0 Å². The third-order valence-corrected chi connectivity index (χ3v) is 3.35. The molecule has 1 aromatic carbocycles. The normalized spacial score (nSPS) is 22.5. The highest BCUT2D eigenvalue weighted by Gasteiger charge is 2.26. The Labute approximate surface area is 107 Å². The number of aliphatic carboxylic acids is 1. The van der Waals surface area contributed by atoms with E-state index in [2.05, 4.69) is 5.32 Å². The molecular formula is C14H19NO3. The Morgan fingerprint density at radius 3 is 2.39 bits per heavy atom. The van der Waals surface area contributed by atoms with Gasteiger partial charge in [-0.3, -0.25) is 4.79 Å². The topological polar surface area (TPSA) is 69.6 Å². The number of carboxylic acid groups (broad SMARTS) is 1. The minimum atomic E-state index is -0.801. The maximum atomic E-state index is 10.5. The van der Waals surface area contributed by atoms with Crippen LogP contribution in [0.2, 0.25) is 0 Å². The molecule has 4 nitrogen and oxygen atoms in total. The Kier molecular flexibility index (Phi) is 4.33. The summed E-state index contributed by atoms with van der Waals surface area (Å²) in [7, 11) is 0. The second-order valence-corrected chi connectivity index (χ2v) is 5.01. The fourth-order valence-corrected chi connectivity index (χ4v) is 2.24. The smallest absolute Gasteiger partial charge is 0.307 e. The first-order valence-electron chi connectivity index (χ1n) is 6.32. The average Bonchev–Trinajstić information content (AvgIpc) is 2.28. The highest BCUT2D eigenvalue weighted by atomic mass is 16.4. The van der Waals surface area contributed by atoms with E-state index >= 15 is 0 Å². The van der Waals surface area contributed by atoms with E-state index in [1.165, 1.54) is 0 Å². The molecule has 1 aromatic rings. The summed E-state index contributed by atoms with van der Waals surface area (Å²) >= 11 is 0. The van der Waals surface area contributed by atoms with Gasteiger partial charge in [0.15, 0.2) is 0 Å². The lowest BCUT2D eigenvalue weighted by molar-refractivity contribution is -0.136. The first-order valence-corrected chi connectivity index (χ1v) is 6.32. The van der Waals surface area contributed by atoms with E-state index in [1.807, 2.05) is 24.3 Å². The molecule has 0 radical (unpaired) electrons. The van der Waals surface area contributed by atoms with Crippen molar-refractivity contribution in [1.82, 2.24) is 5.32 Å². The number of carboxylic acids is 1. The first-order chi connectivity index (χ1) is 8.63. The van der Waals surface area contributed by atoms with Crippen LogP contribution in [0.15, 0.2) is 24.3 Å². The van der Waals surface area contributed by atoms with E-state index in [0.29, 0.717) is 5.92 Å². The molecule has 1 saturated carbocycles. The lowest BCUT2D eigenvalue weighted by atomic mass is 9.82. The van der Waals surface area contributed by atoms with Gasteiger partial charge in [0.25, 0.3) is 0 Å². The lowest BCUT2D eigenvalue weighted by Gasteiger charge is -2.31. The summed E-state index contributed by atoms with van der Waals surface area (Å²) in [5, 5.41) is 21.2. The fraction of sp³-hybridized carbons (Fsp3) is 0.500. The van der Waals surface area contributed by atoms with Crippen molar-refractivity contribution in [3.05, 3.63) is 35.4 Å². The van der Waals surface area contributed by atoms with Crippen molar-refractivity contribution in [2.75, 3.05) is 6.54 Å². The molecule has 3 N–H and O–H groups in total. The maximum absolute atomic E-state index is 10.5. The van der Waals surface area contributed by atoms with Crippen molar-refractivity contribution in [2.24, 2.45) is 5.92 Å². The summed E-state index contributed by atoms with van der Waals surface area (Å²) in [6.07, 6.45) is 1.80. The fourth-order valence-electron chi connectivity index (χ4n) is 2.24. The van der Waals surface area contributed by atoms with E-state index in [1.54, 1.807) is 0 Å². The van der Waals surface area contributed by atoms with Gasteiger partial charge in [0.2, 0.25) is 0 Å². The molecule has 1 aliphatic rings. The van der Waals surface area contributed by atoms with E-state index in [9.17, 15) is 4.79 Å². The molecule has 4 heteroatoms. The van der Waals surface area contributed by atoms with E-state index < -0.39 is 5.97 Å². The number of rotatable bonds is 6. The lowest BCUT2D eigenvalue weighted by Crippen LogP contribution is -2.35. The van der Waals surface area contributed by atoms with Gasteiger partial charge in [-0.05, 0) is 36.4 Å². The molecule has 98 valence electrons. The molecule has 0 unspecified atom stereocenters. The van der Waals surface area contributed by atoms with Crippen LogP contribution in [0.3, 0.4) is 0 Å². The zero-order chi connectivity index (χ0) is 13.0. The Morgan fingerprint density at radius 2 is 1.83 bits per heavy atom. The van der Waals surface area contributed by atoms with Crippen LogP contribution in [-0.4, -0.2) is 28.8 Å².